The Morgan fingerprint density at radius 2 is 2.08 bits per heavy atom. The van der Waals surface area contributed by atoms with E-state index in [2.05, 4.69) is 5.32 Å². The molecule has 1 aromatic carbocycles. The van der Waals surface area contributed by atoms with E-state index in [1.807, 2.05) is 12.1 Å². The average molecular weight is 344 g/mol. The van der Waals surface area contributed by atoms with Gasteiger partial charge in [0.15, 0.2) is 11.8 Å². The highest BCUT2D eigenvalue weighted by Gasteiger charge is 2.28. The van der Waals surface area contributed by atoms with Gasteiger partial charge in [0, 0.05) is 11.6 Å². The van der Waals surface area contributed by atoms with Gasteiger partial charge in [0.05, 0.1) is 30.8 Å². The predicted molar refractivity (Wildman–Crippen MR) is 93.0 cm³/mol. The first-order valence-electron chi connectivity index (χ1n) is 8.54. The van der Waals surface area contributed by atoms with E-state index in [4.69, 9.17) is 4.42 Å². The topological polar surface area (TPSA) is 89.8 Å². The number of carbonyl (C=O) groups is 1. The highest BCUT2D eigenvalue weighted by molar-refractivity contribution is 5.79. The van der Waals surface area contributed by atoms with Crippen LogP contribution in [0.5, 0.6) is 0 Å². The number of anilines is 1. The Labute approximate surface area is 145 Å². The van der Waals surface area contributed by atoms with Gasteiger partial charge in [-0.3, -0.25) is 14.9 Å². The van der Waals surface area contributed by atoms with Gasteiger partial charge < -0.3 is 14.6 Å². The molecule has 0 spiro atoms. The van der Waals surface area contributed by atoms with Crippen LogP contribution in [-0.2, 0) is 0 Å². The normalized spacial score (nSPS) is 16.3. The van der Waals surface area contributed by atoms with Crippen LogP contribution in [0.2, 0.25) is 0 Å². The van der Waals surface area contributed by atoms with Crippen LogP contribution >= 0.6 is 0 Å². The molecule has 7 heteroatoms. The molecule has 7 nitrogen and oxygen atoms in total. The number of nitro groups is 1. The Kier molecular flexibility index (Phi) is 5.45. The van der Waals surface area contributed by atoms with Crippen LogP contribution in [0.4, 0.5) is 11.4 Å². The zero-order valence-corrected chi connectivity index (χ0v) is 13.9. The van der Waals surface area contributed by atoms with Gasteiger partial charge in [-0.2, -0.15) is 0 Å². The number of hydrogen-bond donors (Lipinski definition) is 2. The fourth-order valence-corrected chi connectivity index (χ4v) is 3.42. The van der Waals surface area contributed by atoms with Crippen LogP contribution in [0.3, 0.4) is 0 Å². The van der Waals surface area contributed by atoms with E-state index in [9.17, 15) is 14.9 Å². The van der Waals surface area contributed by atoms with Crippen molar-refractivity contribution in [2.45, 2.75) is 25.3 Å². The fraction of sp³-hybridized carbons (Fsp3) is 0.389. The lowest BCUT2D eigenvalue weighted by molar-refractivity contribution is -0.935. The number of aldehydes is 1. The molecular formula is C18H22N3O4+. The molecule has 132 valence electrons. The quantitative estimate of drug-likeness (QED) is 0.457. The van der Waals surface area contributed by atoms with Crippen molar-refractivity contribution in [2.24, 2.45) is 0 Å². The lowest BCUT2D eigenvalue weighted by Crippen LogP contribution is -3.13. The minimum Gasteiger partial charge on any atom is -0.463 e. The van der Waals surface area contributed by atoms with Gasteiger partial charge in [0.25, 0.3) is 5.69 Å². The summed E-state index contributed by atoms with van der Waals surface area (Å²) in [5, 5.41) is 14.5. The van der Waals surface area contributed by atoms with Crippen LogP contribution in [0.15, 0.2) is 41.0 Å². The molecule has 2 N–H and O–H groups in total. The summed E-state index contributed by atoms with van der Waals surface area (Å²) in [6.07, 6.45) is 5.88. The first-order valence-corrected chi connectivity index (χ1v) is 8.54. The Bertz CT molecular complexity index is 724. The molecule has 0 radical (unpaired) electrons. The van der Waals surface area contributed by atoms with Gasteiger partial charge in [0.2, 0.25) is 0 Å². The molecule has 1 saturated heterocycles. The number of nitrogens with zero attached hydrogens (tertiary/aromatic N) is 1. The zero-order chi connectivity index (χ0) is 17.6. The maximum atomic E-state index is 11.3. The smallest absolute Gasteiger partial charge is 0.293 e. The number of nitro benzene ring substituents is 1. The van der Waals surface area contributed by atoms with Gasteiger partial charge in [0.1, 0.15) is 12.0 Å². The third-order valence-corrected chi connectivity index (χ3v) is 4.73. The van der Waals surface area contributed by atoms with Crippen LogP contribution in [0.1, 0.15) is 41.4 Å². The molecule has 1 aromatic heterocycles. The molecule has 0 saturated carbocycles. The Balaban J connectivity index is 1.79. The van der Waals surface area contributed by atoms with E-state index in [1.165, 1.54) is 30.2 Å². The average Bonchev–Trinajstić information content (AvgIpc) is 3.17. The van der Waals surface area contributed by atoms with Crippen molar-refractivity contribution in [3.63, 3.8) is 0 Å². The van der Waals surface area contributed by atoms with Crippen molar-refractivity contribution in [3.05, 3.63) is 58.0 Å². The second kappa shape index (κ2) is 7.94. The van der Waals surface area contributed by atoms with Crippen LogP contribution in [-0.4, -0.2) is 30.8 Å². The standard InChI is InChI=1S/C18H21N3O4/c22-13-14-6-7-15(16(11-14)21(23)24)19-12-17(18-5-4-10-25-18)20-8-2-1-3-9-20/h4-7,10-11,13,17,19H,1-3,8-9,12H2/p+1/t17-/m1/s1. The van der Waals surface area contributed by atoms with E-state index in [-0.39, 0.29) is 11.7 Å². The number of furan rings is 1. The SMILES string of the molecule is O=Cc1ccc(NC[C@H](c2ccco2)[NH+]2CCCCC2)c([N+](=O)[O-])c1. The van der Waals surface area contributed by atoms with Crippen molar-refractivity contribution in [3.8, 4) is 0 Å². The Hall–Kier alpha value is -2.67. The van der Waals surface area contributed by atoms with Crippen molar-refractivity contribution in [1.29, 1.82) is 0 Å². The molecule has 25 heavy (non-hydrogen) atoms. The summed E-state index contributed by atoms with van der Waals surface area (Å²) in [6, 6.07) is 8.39. The summed E-state index contributed by atoms with van der Waals surface area (Å²) < 4.78 is 5.61. The number of quaternary nitrogens is 1. The van der Waals surface area contributed by atoms with E-state index in [0.29, 0.717) is 24.1 Å². The number of rotatable bonds is 7. The first-order chi connectivity index (χ1) is 12.2. The number of nitrogens with one attached hydrogen (secondary N) is 2. The Morgan fingerprint density at radius 1 is 1.28 bits per heavy atom. The molecule has 0 aliphatic carbocycles. The van der Waals surface area contributed by atoms with Crippen LogP contribution in [0.25, 0.3) is 0 Å². The van der Waals surface area contributed by atoms with E-state index >= 15 is 0 Å². The van der Waals surface area contributed by atoms with Gasteiger partial charge in [-0.15, -0.1) is 0 Å². The Morgan fingerprint density at radius 3 is 2.72 bits per heavy atom. The molecule has 2 heterocycles. The largest absolute Gasteiger partial charge is 0.463 e. The first kappa shape index (κ1) is 17.2. The van der Waals surface area contributed by atoms with Crippen molar-refractivity contribution in [2.75, 3.05) is 25.0 Å². The van der Waals surface area contributed by atoms with Crippen molar-refractivity contribution in [1.82, 2.24) is 0 Å². The summed E-state index contributed by atoms with van der Waals surface area (Å²) in [6.45, 7) is 2.67. The second-order valence-corrected chi connectivity index (χ2v) is 6.32. The lowest BCUT2D eigenvalue weighted by atomic mass is 10.1. The number of hydrogen-bond acceptors (Lipinski definition) is 5. The predicted octanol–water partition coefficient (Wildman–Crippen LogP) is 2.22. The van der Waals surface area contributed by atoms with Crippen molar-refractivity contribution < 1.29 is 19.0 Å². The summed E-state index contributed by atoms with van der Waals surface area (Å²) in [7, 11) is 0. The van der Waals surface area contributed by atoms with Gasteiger partial charge in [-0.1, -0.05) is 0 Å². The minimum absolute atomic E-state index is 0.0866. The molecule has 1 atom stereocenters. The number of benzene rings is 1. The number of likely N-dealkylation sites (tertiary alicyclic amines) is 1. The molecule has 0 bridgehead atoms. The maximum absolute atomic E-state index is 11.3. The van der Waals surface area contributed by atoms with Gasteiger partial charge in [-0.05, 0) is 43.5 Å². The van der Waals surface area contributed by atoms with Crippen LogP contribution in [0, 0.1) is 10.1 Å². The molecule has 1 fully saturated rings. The second-order valence-electron chi connectivity index (χ2n) is 6.32. The summed E-state index contributed by atoms with van der Waals surface area (Å²) >= 11 is 0. The van der Waals surface area contributed by atoms with Crippen molar-refractivity contribution >= 4 is 17.7 Å². The molecular weight excluding hydrogens is 322 g/mol. The molecule has 2 aromatic rings. The van der Waals surface area contributed by atoms with Crippen LogP contribution < -0.4 is 10.2 Å². The number of carbonyl (C=O) groups excluding carboxylic acids is 1. The van der Waals surface area contributed by atoms with Gasteiger partial charge in [-0.25, -0.2) is 0 Å². The van der Waals surface area contributed by atoms with E-state index in [1.54, 1.807) is 18.4 Å². The fourth-order valence-electron chi connectivity index (χ4n) is 3.42. The van der Waals surface area contributed by atoms with E-state index in [0.717, 1.165) is 18.8 Å². The highest BCUT2D eigenvalue weighted by atomic mass is 16.6. The maximum Gasteiger partial charge on any atom is 0.293 e. The highest BCUT2D eigenvalue weighted by Crippen LogP contribution is 2.26. The minimum atomic E-state index is -0.467. The lowest BCUT2D eigenvalue weighted by Gasteiger charge is -2.30. The summed E-state index contributed by atoms with van der Waals surface area (Å²) in [4.78, 5) is 23.1. The molecule has 1 aliphatic rings. The monoisotopic (exact) mass is 344 g/mol. The zero-order valence-electron chi connectivity index (χ0n) is 13.9. The third kappa shape index (κ3) is 4.06. The van der Waals surface area contributed by atoms with E-state index < -0.39 is 4.92 Å². The molecule has 0 unspecified atom stereocenters. The number of piperidine rings is 1. The molecule has 1 aliphatic heterocycles. The molecule has 0 amide bonds. The summed E-state index contributed by atoms with van der Waals surface area (Å²) in [5.41, 5.74) is 0.626. The molecule has 3 rings (SSSR count). The third-order valence-electron chi connectivity index (χ3n) is 4.73. The van der Waals surface area contributed by atoms with Gasteiger partial charge >= 0.3 is 0 Å². The summed E-state index contributed by atoms with van der Waals surface area (Å²) in [5.74, 6) is 0.886.